The average Bonchev–Trinajstić information content (AvgIpc) is 3.88. The van der Waals surface area contributed by atoms with Gasteiger partial charge in [-0.1, -0.05) is 24.3 Å². The lowest BCUT2D eigenvalue weighted by Crippen LogP contribution is -1.92. The molecule has 0 saturated carbocycles. The maximum atomic E-state index is 6.28. The third-order valence-electron chi connectivity index (χ3n) is 9.65. The summed E-state index contributed by atoms with van der Waals surface area (Å²) in [5, 5.41) is 6.14. The molecule has 0 fully saturated rings. The molecular formula is C44H24N4O3. The Balaban J connectivity index is 0.960. The normalized spacial score (nSPS) is 11.9. The number of furan rings is 3. The second kappa shape index (κ2) is 10.7. The second-order valence-electron chi connectivity index (χ2n) is 12.7. The van der Waals surface area contributed by atoms with E-state index in [4.69, 9.17) is 23.2 Å². The van der Waals surface area contributed by atoms with Crippen LogP contribution in [-0.4, -0.2) is 19.9 Å². The van der Waals surface area contributed by atoms with Gasteiger partial charge in [-0.15, -0.1) is 0 Å². The molecule has 4 aromatic carbocycles. The van der Waals surface area contributed by atoms with E-state index in [1.807, 2.05) is 91.0 Å². The Labute approximate surface area is 289 Å². The van der Waals surface area contributed by atoms with E-state index in [2.05, 4.69) is 52.4 Å². The number of hydrogen-bond donors (Lipinski definition) is 0. The van der Waals surface area contributed by atoms with Crippen LogP contribution in [0.15, 0.2) is 159 Å². The van der Waals surface area contributed by atoms with Crippen molar-refractivity contribution in [3.05, 3.63) is 146 Å². The molecule has 7 heterocycles. The van der Waals surface area contributed by atoms with Crippen LogP contribution in [0, 0.1) is 0 Å². The number of nitrogens with zero attached hydrogens (tertiary/aromatic N) is 4. The second-order valence-corrected chi connectivity index (χ2v) is 12.7. The van der Waals surface area contributed by atoms with Crippen LogP contribution in [0.5, 0.6) is 0 Å². The van der Waals surface area contributed by atoms with Crippen LogP contribution in [0.3, 0.4) is 0 Å². The fourth-order valence-electron chi connectivity index (χ4n) is 7.15. The van der Waals surface area contributed by atoms with E-state index in [0.29, 0.717) is 11.4 Å². The smallest absolute Gasteiger partial charge is 0.227 e. The summed E-state index contributed by atoms with van der Waals surface area (Å²) in [6.45, 7) is 0. The number of rotatable bonds is 4. The predicted molar refractivity (Wildman–Crippen MR) is 201 cm³/mol. The first kappa shape index (κ1) is 27.8. The van der Waals surface area contributed by atoms with Gasteiger partial charge in [0, 0.05) is 55.8 Å². The van der Waals surface area contributed by atoms with Crippen molar-refractivity contribution in [2.75, 3.05) is 0 Å². The summed E-state index contributed by atoms with van der Waals surface area (Å²) in [7, 11) is 0. The van der Waals surface area contributed by atoms with Gasteiger partial charge in [0.25, 0.3) is 0 Å². The molecule has 7 aromatic heterocycles. The minimum atomic E-state index is 0.633. The SMILES string of the molecule is c1cc(-c2ccc3oc4ccc(-c5ccc6oc7ncccc7c6c5)cc4c3c2)nc(-c2cccc(-c3ccc4oc5ncccc5c4c3)n2)c1. The summed E-state index contributed by atoms with van der Waals surface area (Å²) in [6.07, 6.45) is 3.50. The standard InChI is InChI=1S/C44H24N4O3/c1-7-35(27-14-18-42-32(23-27)30-6-4-20-46-44(30)51-42)47-37(9-1)38-10-2-8-36(48-38)28-13-17-40-34(24-28)33-22-26(11-15-39(33)49-40)25-12-16-41-31(21-25)29-5-3-19-45-43(29)50-41/h1-24H. The summed E-state index contributed by atoms with van der Waals surface area (Å²) in [5.41, 5.74) is 12.1. The van der Waals surface area contributed by atoms with E-state index in [1.54, 1.807) is 12.4 Å². The van der Waals surface area contributed by atoms with Crippen molar-refractivity contribution in [2.24, 2.45) is 0 Å². The molecule has 0 bridgehead atoms. The summed E-state index contributed by atoms with van der Waals surface area (Å²) in [6, 6.07) is 45.1. The molecule has 0 unspecified atom stereocenters. The van der Waals surface area contributed by atoms with E-state index in [9.17, 15) is 0 Å². The van der Waals surface area contributed by atoms with Crippen molar-refractivity contribution < 1.29 is 13.3 Å². The molecule has 0 aliphatic rings. The highest BCUT2D eigenvalue weighted by Crippen LogP contribution is 2.37. The minimum absolute atomic E-state index is 0.633. The van der Waals surface area contributed by atoms with Gasteiger partial charge in [-0.2, -0.15) is 0 Å². The Morgan fingerprint density at radius 2 is 0.706 bits per heavy atom. The van der Waals surface area contributed by atoms with Crippen molar-refractivity contribution in [1.29, 1.82) is 0 Å². The Kier molecular flexibility index (Phi) is 5.83. The van der Waals surface area contributed by atoms with Gasteiger partial charge in [0.15, 0.2) is 0 Å². The largest absolute Gasteiger partial charge is 0.456 e. The maximum absolute atomic E-state index is 6.28. The van der Waals surface area contributed by atoms with Crippen LogP contribution >= 0.6 is 0 Å². The van der Waals surface area contributed by atoms with Gasteiger partial charge >= 0.3 is 0 Å². The molecule has 0 spiro atoms. The highest BCUT2D eigenvalue weighted by molar-refractivity contribution is 6.09. The van der Waals surface area contributed by atoms with Crippen molar-refractivity contribution in [1.82, 2.24) is 19.9 Å². The molecule has 0 radical (unpaired) electrons. The Morgan fingerprint density at radius 3 is 1.20 bits per heavy atom. The zero-order chi connectivity index (χ0) is 33.5. The fraction of sp³-hybridized carbons (Fsp3) is 0. The molecule has 0 aliphatic carbocycles. The molecule has 51 heavy (non-hydrogen) atoms. The van der Waals surface area contributed by atoms with Crippen molar-refractivity contribution >= 4 is 66.1 Å². The molecule has 0 amide bonds. The number of benzene rings is 4. The number of aromatic nitrogens is 4. The van der Waals surface area contributed by atoms with Crippen LogP contribution in [0.2, 0.25) is 0 Å². The van der Waals surface area contributed by atoms with E-state index in [0.717, 1.165) is 99.7 Å². The Morgan fingerprint density at radius 1 is 0.314 bits per heavy atom. The number of fused-ring (bicyclic) bond motifs is 9. The van der Waals surface area contributed by atoms with Gasteiger partial charge in [-0.05, 0) is 120 Å². The topological polar surface area (TPSA) is 91.0 Å². The zero-order valence-electron chi connectivity index (χ0n) is 26.9. The van der Waals surface area contributed by atoms with E-state index >= 15 is 0 Å². The first-order valence-electron chi connectivity index (χ1n) is 16.7. The third-order valence-corrected chi connectivity index (χ3v) is 9.65. The minimum Gasteiger partial charge on any atom is -0.456 e. The molecular weight excluding hydrogens is 633 g/mol. The molecule has 7 nitrogen and oxygen atoms in total. The molecule has 11 rings (SSSR count). The molecule has 238 valence electrons. The average molecular weight is 657 g/mol. The van der Waals surface area contributed by atoms with E-state index < -0.39 is 0 Å². The Bertz CT molecular complexity index is 3170. The lowest BCUT2D eigenvalue weighted by atomic mass is 10.00. The van der Waals surface area contributed by atoms with Crippen LogP contribution in [0.1, 0.15) is 0 Å². The molecule has 7 heteroatoms. The fourth-order valence-corrected chi connectivity index (χ4v) is 7.15. The van der Waals surface area contributed by atoms with Crippen LogP contribution in [0.4, 0.5) is 0 Å². The third kappa shape index (κ3) is 4.45. The summed E-state index contributed by atoms with van der Waals surface area (Å²) < 4.78 is 18.2. The summed E-state index contributed by atoms with van der Waals surface area (Å²) >= 11 is 0. The predicted octanol–water partition coefficient (Wildman–Crippen LogP) is 11.6. The molecule has 0 aliphatic heterocycles. The first-order chi connectivity index (χ1) is 25.2. The van der Waals surface area contributed by atoms with Crippen molar-refractivity contribution in [3.63, 3.8) is 0 Å². The lowest BCUT2D eigenvalue weighted by molar-refractivity contribution is 0.653. The molecule has 0 atom stereocenters. The van der Waals surface area contributed by atoms with Gasteiger partial charge in [-0.25, -0.2) is 19.9 Å². The number of pyridine rings is 4. The monoisotopic (exact) mass is 656 g/mol. The maximum Gasteiger partial charge on any atom is 0.227 e. The van der Waals surface area contributed by atoms with E-state index in [1.165, 1.54) is 0 Å². The highest BCUT2D eigenvalue weighted by Gasteiger charge is 2.15. The lowest BCUT2D eigenvalue weighted by Gasteiger charge is -2.07. The van der Waals surface area contributed by atoms with Gasteiger partial charge in [0.05, 0.1) is 22.8 Å². The van der Waals surface area contributed by atoms with Crippen molar-refractivity contribution in [3.8, 4) is 45.0 Å². The first-order valence-corrected chi connectivity index (χ1v) is 16.7. The van der Waals surface area contributed by atoms with Crippen LogP contribution < -0.4 is 0 Å². The summed E-state index contributed by atoms with van der Waals surface area (Å²) in [5.74, 6) is 0. The zero-order valence-corrected chi connectivity index (χ0v) is 26.9. The number of hydrogen-bond acceptors (Lipinski definition) is 7. The van der Waals surface area contributed by atoms with Crippen molar-refractivity contribution in [2.45, 2.75) is 0 Å². The van der Waals surface area contributed by atoms with Gasteiger partial charge in [-0.3, -0.25) is 0 Å². The van der Waals surface area contributed by atoms with Gasteiger partial charge < -0.3 is 13.3 Å². The Hall–Kier alpha value is -7.12. The van der Waals surface area contributed by atoms with Gasteiger partial charge in [0.2, 0.25) is 11.4 Å². The molecule has 0 saturated heterocycles. The molecule has 0 N–H and O–H groups in total. The molecule has 11 aromatic rings. The quantitative estimate of drug-likeness (QED) is 0.186. The van der Waals surface area contributed by atoms with Gasteiger partial charge in [0.1, 0.15) is 22.3 Å². The van der Waals surface area contributed by atoms with Crippen LogP contribution in [-0.2, 0) is 0 Å². The van der Waals surface area contributed by atoms with Crippen LogP contribution in [0.25, 0.3) is 111 Å². The highest BCUT2D eigenvalue weighted by atomic mass is 16.3. The van der Waals surface area contributed by atoms with E-state index in [-0.39, 0.29) is 0 Å². The summed E-state index contributed by atoms with van der Waals surface area (Å²) in [4.78, 5) is 18.9.